The second-order valence-electron chi connectivity index (χ2n) is 7.56. The zero-order valence-electron chi connectivity index (χ0n) is 16.9. The number of benzene rings is 2. The van der Waals surface area contributed by atoms with Crippen molar-refractivity contribution in [2.75, 3.05) is 37.5 Å². The number of carbonyl (C=O) groups is 3. The third-order valence-electron chi connectivity index (χ3n) is 5.67. The fourth-order valence-corrected chi connectivity index (χ4v) is 4.17. The molecule has 9 heteroatoms. The van der Waals surface area contributed by atoms with Gasteiger partial charge in [-0.2, -0.15) is 0 Å². The molecule has 31 heavy (non-hydrogen) atoms. The maximum absolute atomic E-state index is 13.0. The monoisotopic (exact) mass is 423 g/mol. The van der Waals surface area contributed by atoms with Crippen LogP contribution in [0.5, 0.6) is 17.2 Å². The number of nitrogens with one attached hydrogen (secondary N) is 2. The van der Waals surface area contributed by atoms with Crippen LogP contribution in [0.1, 0.15) is 33.6 Å². The van der Waals surface area contributed by atoms with E-state index >= 15 is 0 Å². The Morgan fingerprint density at radius 2 is 2.03 bits per heavy atom. The molecule has 0 spiro atoms. The van der Waals surface area contributed by atoms with Crippen LogP contribution in [0.25, 0.3) is 0 Å². The summed E-state index contributed by atoms with van der Waals surface area (Å²) >= 11 is 0. The zero-order chi connectivity index (χ0) is 21.5. The van der Waals surface area contributed by atoms with Crippen molar-refractivity contribution < 1.29 is 28.6 Å². The Hall–Kier alpha value is -3.75. The zero-order valence-corrected chi connectivity index (χ0v) is 16.9. The molecule has 1 fully saturated rings. The van der Waals surface area contributed by atoms with Crippen LogP contribution in [0, 0.1) is 0 Å². The van der Waals surface area contributed by atoms with Gasteiger partial charge in [-0.1, -0.05) is 0 Å². The number of hydrogen-bond acceptors (Lipinski definition) is 6. The first-order chi connectivity index (χ1) is 15.0. The van der Waals surface area contributed by atoms with Crippen molar-refractivity contribution in [3.63, 3.8) is 0 Å². The highest BCUT2D eigenvalue weighted by Crippen LogP contribution is 2.40. The van der Waals surface area contributed by atoms with Gasteiger partial charge in [-0.25, -0.2) is 0 Å². The van der Waals surface area contributed by atoms with Crippen LogP contribution in [-0.2, 0) is 4.79 Å². The first-order valence-corrected chi connectivity index (χ1v) is 10.1. The standard InChI is InChI=1S/C22H21N3O6/c1-29-17-9-12(10-18-19(17)31-8-7-30-18)20(26)23-13-4-5-15-14(11-13)22(28)25-6-2-3-16(25)21(27)24-15/h4-5,9-11,16H,2-3,6-8H2,1H3,(H,23,26)(H,24,27)/t16-/m1/s1. The number of nitrogens with zero attached hydrogens (tertiary/aromatic N) is 1. The lowest BCUT2D eigenvalue weighted by atomic mass is 10.1. The highest BCUT2D eigenvalue weighted by molar-refractivity contribution is 6.11. The van der Waals surface area contributed by atoms with E-state index in [2.05, 4.69) is 10.6 Å². The molecule has 3 aliphatic heterocycles. The molecule has 3 aliphatic rings. The molecule has 3 amide bonds. The summed E-state index contributed by atoms with van der Waals surface area (Å²) in [7, 11) is 1.49. The number of amides is 3. The summed E-state index contributed by atoms with van der Waals surface area (Å²) < 4.78 is 16.5. The first-order valence-electron chi connectivity index (χ1n) is 10.1. The van der Waals surface area contributed by atoms with E-state index in [-0.39, 0.29) is 17.7 Å². The lowest BCUT2D eigenvalue weighted by molar-refractivity contribution is -0.119. The van der Waals surface area contributed by atoms with E-state index < -0.39 is 6.04 Å². The molecule has 0 radical (unpaired) electrons. The second-order valence-corrected chi connectivity index (χ2v) is 7.56. The van der Waals surface area contributed by atoms with Crippen LogP contribution in [0.15, 0.2) is 30.3 Å². The van der Waals surface area contributed by atoms with Gasteiger partial charge in [-0.3, -0.25) is 14.4 Å². The molecule has 3 heterocycles. The average molecular weight is 423 g/mol. The molecule has 5 rings (SSSR count). The van der Waals surface area contributed by atoms with E-state index in [4.69, 9.17) is 14.2 Å². The van der Waals surface area contributed by atoms with Crippen molar-refractivity contribution in [1.82, 2.24) is 4.90 Å². The molecule has 2 N–H and O–H groups in total. The predicted molar refractivity (Wildman–Crippen MR) is 111 cm³/mol. The van der Waals surface area contributed by atoms with Crippen molar-refractivity contribution in [2.24, 2.45) is 0 Å². The van der Waals surface area contributed by atoms with Gasteiger partial charge in [0.25, 0.3) is 11.8 Å². The normalized spacial score (nSPS) is 19.1. The SMILES string of the molecule is COc1cc(C(=O)Nc2ccc3c(c2)C(=O)N2CCC[C@@H]2C(=O)N3)cc2c1OCCO2. The number of anilines is 2. The number of rotatable bonds is 3. The average Bonchev–Trinajstić information content (AvgIpc) is 3.25. The largest absolute Gasteiger partial charge is 0.493 e. The summed E-state index contributed by atoms with van der Waals surface area (Å²) in [5.74, 6) is 0.534. The molecule has 0 aliphatic carbocycles. The van der Waals surface area contributed by atoms with Crippen LogP contribution >= 0.6 is 0 Å². The van der Waals surface area contributed by atoms with Crippen molar-refractivity contribution in [1.29, 1.82) is 0 Å². The van der Waals surface area contributed by atoms with Crippen molar-refractivity contribution in [3.05, 3.63) is 41.5 Å². The van der Waals surface area contributed by atoms with Crippen molar-refractivity contribution >= 4 is 29.1 Å². The highest BCUT2D eigenvalue weighted by Gasteiger charge is 2.38. The number of ether oxygens (including phenoxy) is 3. The molecule has 2 aromatic rings. The molecular formula is C22H21N3O6. The summed E-state index contributed by atoms with van der Waals surface area (Å²) in [5.41, 5.74) is 1.58. The van der Waals surface area contributed by atoms with Crippen molar-refractivity contribution in [3.8, 4) is 17.2 Å². The Balaban J connectivity index is 1.43. The summed E-state index contributed by atoms with van der Waals surface area (Å²) in [4.78, 5) is 39.9. The van der Waals surface area contributed by atoms with Crippen LogP contribution < -0.4 is 24.8 Å². The van der Waals surface area contributed by atoms with Crippen LogP contribution in [0.2, 0.25) is 0 Å². The second kappa shape index (κ2) is 7.50. The van der Waals surface area contributed by atoms with Gasteiger partial charge in [0.05, 0.1) is 18.4 Å². The van der Waals surface area contributed by atoms with Gasteiger partial charge < -0.3 is 29.7 Å². The van der Waals surface area contributed by atoms with Gasteiger partial charge >= 0.3 is 0 Å². The summed E-state index contributed by atoms with van der Waals surface area (Å²) in [6.07, 6.45) is 1.45. The first kappa shape index (κ1) is 19.2. The van der Waals surface area contributed by atoms with E-state index in [1.54, 1.807) is 35.2 Å². The van der Waals surface area contributed by atoms with E-state index in [9.17, 15) is 14.4 Å². The minimum absolute atomic E-state index is 0.176. The Morgan fingerprint density at radius 3 is 2.87 bits per heavy atom. The molecule has 0 saturated carbocycles. The summed E-state index contributed by atoms with van der Waals surface area (Å²) in [5, 5.41) is 5.63. The quantitative estimate of drug-likeness (QED) is 0.785. The third-order valence-corrected chi connectivity index (χ3v) is 5.67. The van der Waals surface area contributed by atoms with E-state index in [0.29, 0.717) is 65.9 Å². The molecule has 9 nitrogen and oxygen atoms in total. The number of hydrogen-bond donors (Lipinski definition) is 2. The minimum Gasteiger partial charge on any atom is -0.493 e. The van der Waals surface area contributed by atoms with Crippen molar-refractivity contribution in [2.45, 2.75) is 18.9 Å². The Kier molecular flexibility index (Phi) is 4.65. The smallest absolute Gasteiger partial charge is 0.256 e. The maximum atomic E-state index is 13.0. The van der Waals surface area contributed by atoms with Gasteiger partial charge in [-0.15, -0.1) is 0 Å². The highest BCUT2D eigenvalue weighted by atomic mass is 16.6. The topological polar surface area (TPSA) is 106 Å². The van der Waals surface area contributed by atoms with Gasteiger partial charge in [0.1, 0.15) is 19.3 Å². The van der Waals surface area contributed by atoms with Gasteiger partial charge in [0.2, 0.25) is 11.7 Å². The van der Waals surface area contributed by atoms with Gasteiger partial charge in [0.15, 0.2) is 11.5 Å². The third kappa shape index (κ3) is 3.31. The maximum Gasteiger partial charge on any atom is 0.256 e. The van der Waals surface area contributed by atoms with E-state index in [1.807, 2.05) is 0 Å². The molecule has 0 unspecified atom stereocenters. The molecular weight excluding hydrogens is 402 g/mol. The lowest BCUT2D eigenvalue weighted by Gasteiger charge is -2.21. The van der Waals surface area contributed by atoms with Crippen LogP contribution in [0.3, 0.4) is 0 Å². The molecule has 1 atom stereocenters. The van der Waals surface area contributed by atoms with E-state index in [0.717, 1.165) is 6.42 Å². The lowest BCUT2D eigenvalue weighted by Crippen LogP contribution is -2.40. The Morgan fingerprint density at radius 1 is 1.19 bits per heavy atom. The Bertz CT molecular complexity index is 1080. The number of carbonyl (C=O) groups excluding carboxylic acids is 3. The summed E-state index contributed by atoms with van der Waals surface area (Å²) in [6.45, 7) is 1.34. The predicted octanol–water partition coefficient (Wildman–Crippen LogP) is 2.28. The van der Waals surface area contributed by atoms with Gasteiger partial charge in [0, 0.05) is 17.8 Å². The summed E-state index contributed by atoms with van der Waals surface area (Å²) in [6, 6.07) is 7.60. The van der Waals surface area contributed by atoms with Crippen LogP contribution in [0.4, 0.5) is 11.4 Å². The molecule has 160 valence electrons. The van der Waals surface area contributed by atoms with E-state index in [1.165, 1.54) is 7.11 Å². The number of methoxy groups -OCH3 is 1. The molecule has 0 bridgehead atoms. The van der Waals surface area contributed by atoms with Crippen LogP contribution in [-0.4, -0.2) is 55.5 Å². The fourth-order valence-electron chi connectivity index (χ4n) is 4.17. The molecule has 1 saturated heterocycles. The molecule has 2 aromatic carbocycles. The molecule has 0 aromatic heterocycles. The Labute approximate surface area is 178 Å². The fraction of sp³-hybridized carbons (Fsp3) is 0.318. The minimum atomic E-state index is -0.442. The number of fused-ring (bicyclic) bond motifs is 3. The van der Waals surface area contributed by atoms with Gasteiger partial charge in [-0.05, 0) is 43.2 Å².